The van der Waals surface area contributed by atoms with E-state index in [0.717, 1.165) is 5.56 Å². The van der Waals surface area contributed by atoms with Crippen LogP contribution < -0.4 is 10.6 Å². The molecule has 3 N–H and O–H groups in total. The fraction of sp³-hybridized carbons (Fsp3) is 0.235. The zero-order valence-corrected chi connectivity index (χ0v) is 13.7. The largest absolute Gasteiger partial charge is 0.391 e. The van der Waals surface area contributed by atoms with Crippen molar-refractivity contribution >= 4 is 22.5 Å². The summed E-state index contributed by atoms with van der Waals surface area (Å²) in [7, 11) is -1.10. The highest BCUT2D eigenvalue weighted by Crippen LogP contribution is 2.13. The molecule has 122 valence electrons. The number of anilines is 1. The van der Waals surface area contributed by atoms with Gasteiger partial charge in [-0.25, -0.2) is 4.79 Å². The number of aliphatic hydroxyl groups excluding tert-OH is 1. The number of hydrogen-bond acceptors (Lipinski definition) is 3. The fourth-order valence-electron chi connectivity index (χ4n) is 2.10. The van der Waals surface area contributed by atoms with Crippen molar-refractivity contribution in [2.24, 2.45) is 0 Å². The summed E-state index contributed by atoms with van der Waals surface area (Å²) in [6.45, 7) is 0.153. The molecule has 5 nitrogen and oxygen atoms in total. The molecule has 0 aliphatic rings. The monoisotopic (exact) mass is 332 g/mol. The molecule has 2 atom stereocenters. The van der Waals surface area contributed by atoms with Gasteiger partial charge < -0.3 is 15.7 Å². The maximum absolute atomic E-state index is 11.8. The summed E-state index contributed by atoms with van der Waals surface area (Å²) in [5, 5.41) is 15.2. The van der Waals surface area contributed by atoms with Crippen LogP contribution in [0.25, 0.3) is 0 Å². The van der Waals surface area contributed by atoms with E-state index in [1.165, 1.54) is 0 Å². The number of carbonyl (C=O) groups is 1. The summed E-state index contributed by atoms with van der Waals surface area (Å²) in [5.74, 6) is 0. The summed E-state index contributed by atoms with van der Waals surface area (Å²) in [6.07, 6.45) is 1.41. The normalized spacial score (nSPS) is 13.1. The highest BCUT2D eigenvalue weighted by atomic mass is 32.2. The van der Waals surface area contributed by atoms with Crippen molar-refractivity contribution in [3.05, 3.63) is 60.2 Å². The van der Waals surface area contributed by atoms with Gasteiger partial charge in [0, 0.05) is 40.6 Å². The number of nitrogens with one attached hydrogen (secondary N) is 2. The van der Waals surface area contributed by atoms with Gasteiger partial charge >= 0.3 is 6.03 Å². The Balaban J connectivity index is 1.81. The predicted molar refractivity (Wildman–Crippen MR) is 91.9 cm³/mol. The van der Waals surface area contributed by atoms with Crippen molar-refractivity contribution in [1.82, 2.24) is 5.32 Å². The first-order valence-electron chi connectivity index (χ1n) is 7.25. The Morgan fingerprint density at radius 3 is 2.61 bits per heavy atom. The first-order valence-corrected chi connectivity index (χ1v) is 8.81. The molecular weight excluding hydrogens is 312 g/mol. The number of rotatable bonds is 6. The van der Waals surface area contributed by atoms with Crippen LogP contribution >= 0.6 is 0 Å². The van der Waals surface area contributed by atoms with Crippen LogP contribution in [0.15, 0.2) is 59.5 Å². The number of carbonyl (C=O) groups excluding carboxylic acids is 1. The minimum Gasteiger partial charge on any atom is -0.391 e. The lowest BCUT2D eigenvalue weighted by atomic mass is 10.1. The quantitative estimate of drug-likeness (QED) is 0.758. The van der Waals surface area contributed by atoms with E-state index in [2.05, 4.69) is 10.6 Å². The number of urea groups is 1. The maximum atomic E-state index is 11.8. The Labute approximate surface area is 138 Å². The van der Waals surface area contributed by atoms with Crippen molar-refractivity contribution in [3.8, 4) is 0 Å². The molecule has 2 amide bonds. The highest BCUT2D eigenvalue weighted by molar-refractivity contribution is 7.84. The van der Waals surface area contributed by atoms with Crippen LogP contribution in [0, 0.1) is 0 Å². The lowest BCUT2D eigenvalue weighted by molar-refractivity contribution is 0.172. The van der Waals surface area contributed by atoms with Crippen LogP contribution in [0.4, 0.5) is 10.5 Å². The zero-order valence-electron chi connectivity index (χ0n) is 12.9. The second-order valence-corrected chi connectivity index (χ2v) is 6.54. The summed E-state index contributed by atoms with van der Waals surface area (Å²) >= 11 is 0. The van der Waals surface area contributed by atoms with Gasteiger partial charge in [-0.3, -0.25) is 4.21 Å². The number of benzene rings is 2. The van der Waals surface area contributed by atoms with Crippen LogP contribution in [0.1, 0.15) is 5.56 Å². The van der Waals surface area contributed by atoms with Crippen molar-refractivity contribution in [3.63, 3.8) is 0 Å². The maximum Gasteiger partial charge on any atom is 0.319 e. The molecule has 6 heteroatoms. The minimum absolute atomic E-state index is 0.153. The molecule has 2 unspecified atom stereocenters. The molecule has 2 aromatic carbocycles. The van der Waals surface area contributed by atoms with Gasteiger partial charge in [-0.2, -0.15) is 0 Å². The first-order chi connectivity index (χ1) is 11.0. The van der Waals surface area contributed by atoms with Crippen LogP contribution in [0.2, 0.25) is 0 Å². The minimum atomic E-state index is -1.10. The Hall–Kier alpha value is -2.18. The third kappa shape index (κ3) is 5.84. The molecule has 0 aromatic heterocycles. The SMILES string of the molecule is CS(=O)c1cccc(NC(=O)NCC(O)Cc2ccccc2)c1. The number of hydrogen-bond donors (Lipinski definition) is 3. The summed E-state index contributed by atoms with van der Waals surface area (Å²) in [5.41, 5.74) is 1.58. The standard InChI is InChI=1S/C17H20N2O3S/c1-23(22)16-9-5-8-14(11-16)19-17(21)18-12-15(20)10-13-6-3-2-4-7-13/h2-9,11,15,20H,10,12H2,1H3,(H2,18,19,21). The predicted octanol–water partition coefficient (Wildman–Crippen LogP) is 2.15. The molecule has 0 heterocycles. The van der Waals surface area contributed by atoms with E-state index >= 15 is 0 Å². The van der Waals surface area contributed by atoms with Gasteiger partial charge in [0.1, 0.15) is 0 Å². The molecular formula is C17H20N2O3S. The first kappa shape index (κ1) is 17.2. The van der Waals surface area contributed by atoms with E-state index in [9.17, 15) is 14.1 Å². The number of amides is 2. The molecule has 0 saturated carbocycles. The van der Waals surface area contributed by atoms with Gasteiger partial charge in [0.25, 0.3) is 0 Å². The van der Waals surface area contributed by atoms with E-state index in [-0.39, 0.29) is 6.54 Å². The molecule has 0 radical (unpaired) electrons. The van der Waals surface area contributed by atoms with Gasteiger partial charge in [-0.05, 0) is 23.8 Å². The highest BCUT2D eigenvalue weighted by Gasteiger charge is 2.08. The molecule has 0 saturated heterocycles. The second-order valence-electron chi connectivity index (χ2n) is 5.16. The average molecular weight is 332 g/mol. The summed E-state index contributed by atoms with van der Waals surface area (Å²) in [4.78, 5) is 12.5. The van der Waals surface area contributed by atoms with E-state index in [0.29, 0.717) is 17.0 Å². The van der Waals surface area contributed by atoms with Crippen LogP contribution in [-0.2, 0) is 17.2 Å². The van der Waals surface area contributed by atoms with E-state index in [1.807, 2.05) is 30.3 Å². The van der Waals surface area contributed by atoms with Crippen molar-refractivity contribution in [2.45, 2.75) is 17.4 Å². The smallest absolute Gasteiger partial charge is 0.319 e. The molecule has 23 heavy (non-hydrogen) atoms. The van der Waals surface area contributed by atoms with Crippen LogP contribution in [-0.4, -0.2) is 34.3 Å². The van der Waals surface area contributed by atoms with Gasteiger partial charge in [-0.15, -0.1) is 0 Å². The van der Waals surface area contributed by atoms with Crippen molar-refractivity contribution < 1.29 is 14.1 Å². The van der Waals surface area contributed by atoms with Crippen LogP contribution in [0.5, 0.6) is 0 Å². The molecule has 0 bridgehead atoms. The van der Waals surface area contributed by atoms with Crippen LogP contribution in [0.3, 0.4) is 0 Å². The third-order valence-electron chi connectivity index (χ3n) is 3.24. The Morgan fingerprint density at radius 1 is 1.17 bits per heavy atom. The lowest BCUT2D eigenvalue weighted by Gasteiger charge is -2.13. The van der Waals surface area contributed by atoms with E-state index in [1.54, 1.807) is 30.5 Å². The molecule has 0 aliphatic heterocycles. The molecule has 2 aromatic rings. The summed E-state index contributed by atoms with van der Waals surface area (Å²) < 4.78 is 11.4. The Bertz CT molecular complexity index is 677. The summed E-state index contributed by atoms with van der Waals surface area (Å²) in [6, 6.07) is 16.0. The van der Waals surface area contributed by atoms with Gasteiger partial charge in [-0.1, -0.05) is 36.4 Å². The van der Waals surface area contributed by atoms with Gasteiger partial charge in [0.15, 0.2) is 0 Å². The molecule has 2 rings (SSSR count). The van der Waals surface area contributed by atoms with Crippen molar-refractivity contribution in [1.29, 1.82) is 0 Å². The second kappa shape index (κ2) is 8.45. The topological polar surface area (TPSA) is 78.4 Å². The van der Waals surface area contributed by atoms with E-state index < -0.39 is 22.9 Å². The fourth-order valence-corrected chi connectivity index (χ4v) is 2.66. The van der Waals surface area contributed by atoms with Gasteiger partial charge in [0.2, 0.25) is 0 Å². The molecule has 0 spiro atoms. The Kier molecular flexibility index (Phi) is 6.31. The zero-order chi connectivity index (χ0) is 16.7. The number of aliphatic hydroxyl groups is 1. The van der Waals surface area contributed by atoms with Crippen molar-refractivity contribution in [2.75, 3.05) is 18.1 Å². The molecule has 0 fully saturated rings. The average Bonchev–Trinajstić information content (AvgIpc) is 2.54. The van der Waals surface area contributed by atoms with Gasteiger partial charge in [0.05, 0.1) is 6.10 Å². The third-order valence-corrected chi connectivity index (χ3v) is 4.15. The van der Waals surface area contributed by atoms with E-state index in [4.69, 9.17) is 0 Å². The Morgan fingerprint density at radius 2 is 1.91 bits per heavy atom. The molecule has 0 aliphatic carbocycles. The lowest BCUT2D eigenvalue weighted by Crippen LogP contribution is -2.36.